The van der Waals surface area contributed by atoms with Crippen molar-refractivity contribution in [3.8, 4) is 0 Å². The highest BCUT2D eigenvalue weighted by molar-refractivity contribution is 8.00. The first-order chi connectivity index (χ1) is 8.47. The molecule has 1 fully saturated rings. The molecule has 5 heteroatoms. The van der Waals surface area contributed by atoms with Gasteiger partial charge in [0, 0.05) is 29.3 Å². The van der Waals surface area contributed by atoms with Crippen molar-refractivity contribution in [2.24, 2.45) is 0 Å². The zero-order valence-electron chi connectivity index (χ0n) is 10.5. The maximum atomic E-state index is 13.7. The normalized spacial score (nSPS) is 24.1. The quantitative estimate of drug-likeness (QED) is 0.795. The van der Waals surface area contributed by atoms with E-state index in [-0.39, 0.29) is 11.5 Å². The largest absolute Gasteiger partial charge is 0.399 e. The maximum Gasteiger partial charge on any atom is 0.256 e. The van der Waals surface area contributed by atoms with Crippen LogP contribution >= 0.6 is 11.8 Å². The molecule has 1 aromatic carbocycles. The Morgan fingerprint density at radius 1 is 1.39 bits per heavy atom. The zero-order chi connectivity index (χ0) is 13.3. The summed E-state index contributed by atoms with van der Waals surface area (Å²) in [7, 11) is 0. The molecule has 0 radical (unpaired) electrons. The van der Waals surface area contributed by atoms with Crippen LogP contribution in [0.2, 0.25) is 0 Å². The van der Waals surface area contributed by atoms with Crippen molar-refractivity contribution >= 4 is 23.4 Å². The lowest BCUT2D eigenvalue weighted by atomic mass is 10.1. The van der Waals surface area contributed by atoms with Gasteiger partial charge >= 0.3 is 0 Å². The number of nitrogen functional groups attached to an aromatic ring is 1. The number of benzene rings is 1. The lowest BCUT2D eigenvalue weighted by molar-refractivity contribution is 0.0748. The van der Waals surface area contributed by atoms with Gasteiger partial charge in [-0.15, -0.1) is 0 Å². The van der Waals surface area contributed by atoms with E-state index in [4.69, 9.17) is 5.73 Å². The van der Waals surface area contributed by atoms with Crippen LogP contribution in [0.15, 0.2) is 18.2 Å². The average Bonchev–Trinajstić information content (AvgIpc) is 2.26. The third kappa shape index (κ3) is 2.77. The lowest BCUT2D eigenvalue weighted by Gasteiger charge is -2.34. The minimum absolute atomic E-state index is 0.107. The van der Waals surface area contributed by atoms with Gasteiger partial charge in [0.25, 0.3) is 5.91 Å². The van der Waals surface area contributed by atoms with Gasteiger partial charge in [-0.2, -0.15) is 11.8 Å². The molecular formula is C13H17FN2OS. The number of thioether (sulfide) groups is 1. The average molecular weight is 268 g/mol. The van der Waals surface area contributed by atoms with Crippen LogP contribution in [0.3, 0.4) is 0 Å². The molecule has 2 atom stereocenters. The SMILES string of the molecule is CC1CN(C(=O)c2ccc(N)cc2F)CC(C)S1. The fourth-order valence-electron chi connectivity index (χ4n) is 2.22. The molecule has 1 aliphatic rings. The number of hydrogen-bond donors (Lipinski definition) is 1. The summed E-state index contributed by atoms with van der Waals surface area (Å²) in [5.74, 6) is -0.787. The number of rotatable bonds is 1. The highest BCUT2D eigenvalue weighted by Crippen LogP contribution is 2.26. The van der Waals surface area contributed by atoms with Gasteiger partial charge in [-0.05, 0) is 18.2 Å². The van der Waals surface area contributed by atoms with Gasteiger partial charge in [0.05, 0.1) is 5.56 Å². The summed E-state index contributed by atoms with van der Waals surface area (Å²) >= 11 is 1.86. The molecule has 0 saturated carbocycles. The van der Waals surface area contributed by atoms with Crippen molar-refractivity contribution in [2.75, 3.05) is 18.8 Å². The number of anilines is 1. The second-order valence-electron chi connectivity index (χ2n) is 4.71. The van der Waals surface area contributed by atoms with E-state index in [9.17, 15) is 9.18 Å². The van der Waals surface area contributed by atoms with Crippen LogP contribution < -0.4 is 5.73 Å². The third-order valence-corrected chi connectivity index (χ3v) is 4.16. The van der Waals surface area contributed by atoms with Gasteiger partial charge in [-0.1, -0.05) is 13.8 Å². The molecule has 2 rings (SSSR count). The van der Waals surface area contributed by atoms with Gasteiger partial charge in [0.1, 0.15) is 5.82 Å². The fourth-order valence-corrected chi connectivity index (χ4v) is 3.54. The molecule has 1 aromatic rings. The van der Waals surface area contributed by atoms with Crippen molar-refractivity contribution in [1.82, 2.24) is 4.90 Å². The maximum absolute atomic E-state index is 13.7. The Morgan fingerprint density at radius 2 is 2.00 bits per heavy atom. The Labute approximate surface area is 111 Å². The van der Waals surface area contributed by atoms with Crippen molar-refractivity contribution in [1.29, 1.82) is 0 Å². The molecule has 1 saturated heterocycles. The van der Waals surface area contributed by atoms with Gasteiger partial charge in [0.15, 0.2) is 0 Å². The second kappa shape index (κ2) is 5.18. The van der Waals surface area contributed by atoms with Crippen LogP contribution in [0, 0.1) is 5.82 Å². The number of amides is 1. The van der Waals surface area contributed by atoms with Crippen LogP contribution in [0.1, 0.15) is 24.2 Å². The fraction of sp³-hybridized carbons (Fsp3) is 0.462. The van der Waals surface area contributed by atoms with E-state index >= 15 is 0 Å². The summed E-state index contributed by atoms with van der Waals surface area (Å²) in [6.45, 7) is 5.50. The molecule has 98 valence electrons. The van der Waals surface area contributed by atoms with Crippen LogP contribution in [0.4, 0.5) is 10.1 Å². The minimum Gasteiger partial charge on any atom is -0.399 e. The smallest absolute Gasteiger partial charge is 0.256 e. The van der Waals surface area contributed by atoms with Gasteiger partial charge in [-0.3, -0.25) is 4.79 Å². The Morgan fingerprint density at radius 3 is 2.56 bits per heavy atom. The van der Waals surface area contributed by atoms with Gasteiger partial charge in [-0.25, -0.2) is 4.39 Å². The van der Waals surface area contributed by atoms with Gasteiger partial charge in [0.2, 0.25) is 0 Å². The third-order valence-electron chi connectivity index (χ3n) is 2.93. The van der Waals surface area contributed by atoms with E-state index in [2.05, 4.69) is 13.8 Å². The predicted molar refractivity (Wildman–Crippen MR) is 73.2 cm³/mol. The lowest BCUT2D eigenvalue weighted by Crippen LogP contribution is -2.44. The highest BCUT2D eigenvalue weighted by atomic mass is 32.2. The van der Waals surface area contributed by atoms with Crippen molar-refractivity contribution in [2.45, 2.75) is 24.3 Å². The Bertz CT molecular complexity index is 456. The summed E-state index contributed by atoms with van der Waals surface area (Å²) in [5.41, 5.74) is 5.92. The number of halogens is 1. The molecule has 0 aliphatic carbocycles. The Hall–Kier alpha value is -1.23. The summed E-state index contributed by atoms with van der Waals surface area (Å²) in [6, 6.07) is 4.21. The predicted octanol–water partition coefficient (Wildman–Crippen LogP) is 2.37. The standard InChI is InChI=1S/C13H17FN2OS/c1-8-6-16(7-9(2)18-8)13(17)11-4-3-10(15)5-12(11)14/h3-5,8-9H,6-7,15H2,1-2H3. The molecule has 1 heterocycles. The van der Waals surface area contributed by atoms with Gasteiger partial charge < -0.3 is 10.6 Å². The van der Waals surface area contributed by atoms with Crippen LogP contribution in [-0.2, 0) is 0 Å². The number of nitrogens with two attached hydrogens (primary N) is 1. The Balaban J connectivity index is 2.20. The monoisotopic (exact) mass is 268 g/mol. The zero-order valence-corrected chi connectivity index (χ0v) is 11.3. The molecule has 0 bridgehead atoms. The highest BCUT2D eigenvalue weighted by Gasteiger charge is 2.27. The van der Waals surface area contributed by atoms with Crippen LogP contribution in [0.5, 0.6) is 0 Å². The molecule has 0 spiro atoms. The molecule has 2 N–H and O–H groups in total. The van der Waals surface area contributed by atoms with Crippen LogP contribution in [0.25, 0.3) is 0 Å². The topological polar surface area (TPSA) is 46.3 Å². The van der Waals surface area contributed by atoms with E-state index in [1.807, 2.05) is 11.8 Å². The van der Waals surface area contributed by atoms with E-state index in [0.29, 0.717) is 29.3 Å². The molecule has 3 nitrogen and oxygen atoms in total. The number of nitrogens with zero attached hydrogens (tertiary/aromatic N) is 1. The summed E-state index contributed by atoms with van der Waals surface area (Å²) < 4.78 is 13.7. The molecule has 18 heavy (non-hydrogen) atoms. The molecule has 1 aliphatic heterocycles. The number of carbonyl (C=O) groups is 1. The van der Waals surface area contributed by atoms with E-state index in [1.165, 1.54) is 12.1 Å². The van der Waals surface area contributed by atoms with Crippen LogP contribution in [-0.4, -0.2) is 34.4 Å². The summed E-state index contributed by atoms with van der Waals surface area (Å²) in [5, 5.41) is 0.768. The summed E-state index contributed by atoms with van der Waals surface area (Å²) in [4.78, 5) is 14.0. The second-order valence-corrected chi connectivity index (χ2v) is 6.59. The molecule has 1 amide bonds. The van der Waals surface area contributed by atoms with Crippen molar-refractivity contribution in [3.05, 3.63) is 29.6 Å². The minimum atomic E-state index is -0.543. The number of carbonyl (C=O) groups excluding carboxylic acids is 1. The summed E-state index contributed by atoms with van der Waals surface area (Å²) in [6.07, 6.45) is 0. The molecular weight excluding hydrogens is 251 g/mol. The van der Waals surface area contributed by atoms with E-state index in [1.54, 1.807) is 11.0 Å². The molecule has 0 aromatic heterocycles. The first-order valence-electron chi connectivity index (χ1n) is 5.97. The first kappa shape index (κ1) is 13.2. The van der Waals surface area contributed by atoms with E-state index in [0.717, 1.165) is 0 Å². The number of hydrogen-bond acceptors (Lipinski definition) is 3. The first-order valence-corrected chi connectivity index (χ1v) is 6.91. The molecule has 2 unspecified atom stereocenters. The van der Waals surface area contributed by atoms with E-state index < -0.39 is 5.82 Å². The van der Waals surface area contributed by atoms with Crippen molar-refractivity contribution < 1.29 is 9.18 Å². The van der Waals surface area contributed by atoms with Crippen molar-refractivity contribution in [3.63, 3.8) is 0 Å². The Kier molecular flexibility index (Phi) is 3.80.